The number of ether oxygens (including phenoxy) is 3. The third kappa shape index (κ3) is 4.00. The maximum atomic E-state index is 13.1. The maximum Gasteiger partial charge on any atom is 0.431 e. The molecule has 1 saturated heterocycles. The molecule has 2 aromatic heterocycles. The molecule has 0 radical (unpaired) electrons. The van der Waals surface area contributed by atoms with Gasteiger partial charge in [0.1, 0.15) is 29.5 Å². The number of aromatic amines is 2. The number of hydrogen-bond donors (Lipinski definition) is 1. The number of para-hydroxylation sites is 1. The summed E-state index contributed by atoms with van der Waals surface area (Å²) in [6.45, 7) is 2.28. The van der Waals surface area contributed by atoms with Gasteiger partial charge in [-0.3, -0.25) is 0 Å². The van der Waals surface area contributed by atoms with Crippen LogP contribution in [0.1, 0.15) is 17.2 Å². The first-order valence-electron chi connectivity index (χ1n) is 9.91. The summed E-state index contributed by atoms with van der Waals surface area (Å²) in [7, 11) is 0. The van der Waals surface area contributed by atoms with Gasteiger partial charge in [0.2, 0.25) is 12.0 Å². The van der Waals surface area contributed by atoms with Crippen LogP contribution in [0.4, 0.5) is 19.0 Å². The van der Waals surface area contributed by atoms with Gasteiger partial charge < -0.3 is 19.2 Å². The van der Waals surface area contributed by atoms with Crippen molar-refractivity contribution in [1.82, 2.24) is 9.97 Å². The lowest BCUT2D eigenvalue weighted by molar-refractivity contribution is -0.365. The van der Waals surface area contributed by atoms with Crippen LogP contribution in [0, 0.1) is 5.92 Å². The summed E-state index contributed by atoms with van der Waals surface area (Å²) in [5, 5.41) is 0.260. The molecule has 0 aliphatic carbocycles. The molecule has 3 aromatic rings. The zero-order valence-electron chi connectivity index (χ0n) is 16.4. The Bertz CT molecular complexity index is 1110. The fourth-order valence-electron chi connectivity index (χ4n) is 3.71. The van der Waals surface area contributed by atoms with Gasteiger partial charge in [0.15, 0.2) is 0 Å². The molecule has 0 spiro atoms. The smallest absolute Gasteiger partial charge is 0.431 e. The number of benzene rings is 1. The Labute approximate surface area is 175 Å². The lowest BCUT2D eigenvalue weighted by atomic mass is 9.91. The Morgan fingerprint density at radius 2 is 2.10 bits per heavy atom. The molecule has 0 bridgehead atoms. The van der Waals surface area contributed by atoms with Crippen molar-refractivity contribution in [2.75, 3.05) is 26.4 Å². The second-order valence-electron chi connectivity index (χ2n) is 7.62. The number of halogens is 3. The molecule has 1 aromatic carbocycles. The van der Waals surface area contributed by atoms with Crippen molar-refractivity contribution in [1.29, 1.82) is 0 Å². The molecule has 10 heteroatoms. The highest BCUT2D eigenvalue weighted by Gasteiger charge is 2.35. The third-order valence-corrected chi connectivity index (χ3v) is 5.45. The molecular formula is C21H20F3N4O3+. The summed E-state index contributed by atoms with van der Waals surface area (Å²) in [4.78, 5) is 13.6. The van der Waals surface area contributed by atoms with E-state index in [2.05, 4.69) is 19.9 Å². The van der Waals surface area contributed by atoms with Crippen molar-refractivity contribution in [3.8, 4) is 5.75 Å². The monoisotopic (exact) mass is 433 g/mol. The number of alkyl halides is 3. The number of nitrogens with zero attached hydrogens (tertiary/aromatic N) is 2. The van der Waals surface area contributed by atoms with E-state index in [1.54, 1.807) is 6.21 Å². The first kappa shape index (κ1) is 20.0. The number of hydrogen-bond acceptors (Lipinski definition) is 5. The van der Waals surface area contributed by atoms with Crippen LogP contribution in [0.15, 0.2) is 41.7 Å². The number of aliphatic imine (C=N–C) groups is 1. The summed E-state index contributed by atoms with van der Waals surface area (Å²) in [5.41, 5.74) is 0.164. The zero-order chi connectivity index (χ0) is 21.4. The molecule has 0 saturated carbocycles. The van der Waals surface area contributed by atoms with Crippen LogP contribution in [0.2, 0.25) is 0 Å². The van der Waals surface area contributed by atoms with Crippen molar-refractivity contribution >= 4 is 23.1 Å². The van der Waals surface area contributed by atoms with Gasteiger partial charge in [0, 0.05) is 11.5 Å². The van der Waals surface area contributed by atoms with E-state index in [1.165, 1.54) is 6.33 Å². The molecular weight excluding hydrogens is 413 g/mol. The SMILES string of the molecule is FC(F)(F)c1cc2c(/N=C\C3c4ccccc4OC[C@@H]3OCC3COC3)[nH+]cnc2[nH]1. The van der Waals surface area contributed by atoms with Gasteiger partial charge in [-0.1, -0.05) is 23.2 Å². The van der Waals surface area contributed by atoms with Crippen LogP contribution >= 0.6 is 0 Å². The van der Waals surface area contributed by atoms with Gasteiger partial charge in [-0.25, -0.2) is 4.98 Å². The molecule has 31 heavy (non-hydrogen) atoms. The molecule has 7 nitrogen and oxygen atoms in total. The predicted molar refractivity (Wildman–Crippen MR) is 105 cm³/mol. The van der Waals surface area contributed by atoms with Crippen molar-refractivity contribution < 1.29 is 32.4 Å². The van der Waals surface area contributed by atoms with Crippen LogP contribution in [-0.2, 0) is 15.7 Å². The second-order valence-corrected chi connectivity index (χ2v) is 7.62. The average molecular weight is 433 g/mol. The molecule has 162 valence electrons. The molecule has 2 atom stereocenters. The summed E-state index contributed by atoms with van der Waals surface area (Å²) in [5.74, 6) is 1.18. The van der Waals surface area contributed by atoms with Gasteiger partial charge in [-0.2, -0.15) is 13.2 Å². The molecule has 2 aliphatic heterocycles. The van der Waals surface area contributed by atoms with E-state index < -0.39 is 11.9 Å². The molecule has 0 amide bonds. The Morgan fingerprint density at radius 3 is 2.87 bits per heavy atom. The summed E-state index contributed by atoms with van der Waals surface area (Å²) in [6, 6.07) is 8.62. The fraction of sp³-hybridized carbons (Fsp3) is 0.381. The summed E-state index contributed by atoms with van der Waals surface area (Å²) in [6.07, 6.45) is -1.75. The van der Waals surface area contributed by atoms with E-state index in [1.807, 2.05) is 24.3 Å². The Kier molecular flexibility index (Phi) is 5.11. The highest BCUT2D eigenvalue weighted by molar-refractivity contribution is 5.87. The Balaban J connectivity index is 1.46. The number of aromatic nitrogens is 3. The molecule has 1 fully saturated rings. The van der Waals surface area contributed by atoms with Crippen LogP contribution in [0.25, 0.3) is 11.0 Å². The normalized spacial score (nSPS) is 21.8. The van der Waals surface area contributed by atoms with Crippen molar-refractivity contribution in [3.63, 3.8) is 0 Å². The molecule has 2 aliphatic rings. The van der Waals surface area contributed by atoms with Crippen LogP contribution in [-0.4, -0.2) is 48.7 Å². The minimum atomic E-state index is -4.49. The van der Waals surface area contributed by atoms with Crippen molar-refractivity contribution in [2.45, 2.75) is 18.2 Å². The number of rotatable bonds is 5. The zero-order valence-corrected chi connectivity index (χ0v) is 16.4. The van der Waals surface area contributed by atoms with E-state index in [0.717, 1.165) is 17.4 Å². The van der Waals surface area contributed by atoms with Gasteiger partial charge in [-0.15, -0.1) is 4.99 Å². The summed E-state index contributed by atoms with van der Waals surface area (Å²) >= 11 is 0. The quantitative estimate of drug-likeness (QED) is 0.626. The minimum absolute atomic E-state index is 0.114. The standard InChI is InChI=1S/C21H19F3N4O3/c22-21(23,24)18-5-14-19(26-11-27-20(14)28-18)25-6-15-13-3-1-2-4-16(13)31-10-17(15)30-9-12-7-29-8-12/h1-6,11-12,15,17H,7-10H2,(H,26,27,28)/p+1/b25-6-/t15?,17-/m0/s1. The van der Waals surface area contributed by atoms with Crippen molar-refractivity contribution in [2.24, 2.45) is 10.9 Å². The molecule has 2 N–H and O–H groups in total. The van der Waals surface area contributed by atoms with E-state index in [-0.39, 0.29) is 28.9 Å². The Morgan fingerprint density at radius 1 is 1.26 bits per heavy atom. The second kappa shape index (κ2) is 7.93. The molecule has 4 heterocycles. The number of H-pyrrole nitrogens is 2. The third-order valence-electron chi connectivity index (χ3n) is 5.45. The van der Waals surface area contributed by atoms with Crippen molar-refractivity contribution in [3.05, 3.63) is 47.9 Å². The lowest BCUT2D eigenvalue weighted by Crippen LogP contribution is -2.39. The van der Waals surface area contributed by atoms with Gasteiger partial charge in [-0.05, 0) is 12.1 Å². The highest BCUT2D eigenvalue weighted by atomic mass is 19.4. The van der Waals surface area contributed by atoms with Crippen LogP contribution < -0.4 is 9.72 Å². The fourth-order valence-corrected chi connectivity index (χ4v) is 3.71. The van der Waals surface area contributed by atoms with E-state index in [9.17, 15) is 13.2 Å². The lowest BCUT2D eigenvalue weighted by Gasteiger charge is -2.33. The first-order valence-corrected chi connectivity index (χ1v) is 9.91. The van der Waals surface area contributed by atoms with E-state index >= 15 is 0 Å². The summed E-state index contributed by atoms with van der Waals surface area (Å²) < 4.78 is 56.4. The largest absolute Gasteiger partial charge is 0.491 e. The van der Waals surface area contributed by atoms with Crippen LogP contribution in [0.3, 0.4) is 0 Å². The Hall–Kier alpha value is -2.98. The topological polar surface area (TPSA) is 82.9 Å². The predicted octanol–water partition coefficient (Wildman–Crippen LogP) is 3.31. The van der Waals surface area contributed by atoms with E-state index in [0.29, 0.717) is 32.3 Å². The first-order chi connectivity index (χ1) is 15.0. The minimum Gasteiger partial charge on any atom is -0.491 e. The average Bonchev–Trinajstić information content (AvgIpc) is 3.17. The van der Waals surface area contributed by atoms with Gasteiger partial charge >= 0.3 is 6.18 Å². The molecule has 5 rings (SSSR count). The van der Waals surface area contributed by atoms with Gasteiger partial charge in [0.05, 0.1) is 32.0 Å². The van der Waals surface area contributed by atoms with E-state index in [4.69, 9.17) is 14.2 Å². The number of nitrogens with one attached hydrogen (secondary N) is 2. The highest BCUT2D eigenvalue weighted by Crippen LogP contribution is 2.36. The molecule has 1 unspecified atom stereocenters. The number of fused-ring (bicyclic) bond motifs is 2. The maximum absolute atomic E-state index is 13.1. The van der Waals surface area contributed by atoms with Gasteiger partial charge in [0.25, 0.3) is 5.82 Å². The van der Waals surface area contributed by atoms with Crippen LogP contribution in [0.5, 0.6) is 5.75 Å².